The summed E-state index contributed by atoms with van der Waals surface area (Å²) in [6.07, 6.45) is 39.6. The zero-order valence-corrected chi connectivity index (χ0v) is 24.0. The van der Waals surface area contributed by atoms with Crippen LogP contribution in [0.5, 0.6) is 0 Å². The molecule has 0 aromatic rings. The lowest BCUT2D eigenvalue weighted by Gasteiger charge is -2.33. The molecule has 1 atom stereocenters. The van der Waals surface area contributed by atoms with Gasteiger partial charge in [0.1, 0.15) is 6.17 Å². The van der Waals surface area contributed by atoms with Crippen molar-refractivity contribution in [1.82, 2.24) is 9.80 Å². The minimum Gasteiger partial charge on any atom is -0.356 e. The molecule has 0 aromatic carbocycles. The summed E-state index contributed by atoms with van der Waals surface area (Å²) in [4.78, 5) is 5.30. The molecule has 0 N–H and O–H groups in total. The molecule has 0 saturated heterocycles. The van der Waals surface area contributed by atoms with Crippen molar-refractivity contribution in [2.45, 2.75) is 181 Å². The average molecular weight is 477 g/mol. The minimum atomic E-state index is 0.635. The molecule has 0 amide bonds. The normalized spacial score (nSPS) is 15.7. The van der Waals surface area contributed by atoms with Crippen molar-refractivity contribution < 1.29 is 0 Å². The van der Waals surface area contributed by atoms with Crippen molar-refractivity contribution in [2.75, 3.05) is 13.1 Å². The molecule has 2 heteroatoms. The Kier molecular flexibility index (Phi) is 22.2. The molecule has 0 radical (unpaired) electrons. The second-order valence-electron chi connectivity index (χ2n) is 11.1. The molecule has 0 spiro atoms. The van der Waals surface area contributed by atoms with E-state index in [9.17, 15) is 0 Å². The Bertz CT molecular complexity index is 433. The van der Waals surface area contributed by atoms with Crippen molar-refractivity contribution in [3.8, 4) is 0 Å². The maximum atomic E-state index is 2.65. The Hall–Kier alpha value is -0.660. The van der Waals surface area contributed by atoms with Crippen LogP contribution in [0.15, 0.2) is 12.4 Å². The van der Waals surface area contributed by atoms with Gasteiger partial charge in [0.05, 0.1) is 0 Å². The molecule has 1 heterocycles. The summed E-state index contributed by atoms with van der Waals surface area (Å²) in [6.45, 7) is 9.47. The van der Waals surface area contributed by atoms with Gasteiger partial charge in [0.15, 0.2) is 0 Å². The molecule has 34 heavy (non-hydrogen) atoms. The van der Waals surface area contributed by atoms with Crippen LogP contribution in [0.1, 0.15) is 175 Å². The second kappa shape index (κ2) is 24.1. The molecule has 0 saturated carbocycles. The SMILES string of the molecule is CCCCCCCCCCCCCCN1C=CN(CCCCCCCCCCCC)C1CCC. The van der Waals surface area contributed by atoms with Crippen molar-refractivity contribution in [1.29, 1.82) is 0 Å². The first kappa shape index (κ1) is 31.4. The van der Waals surface area contributed by atoms with Crippen molar-refractivity contribution >= 4 is 0 Å². The van der Waals surface area contributed by atoms with E-state index in [4.69, 9.17) is 0 Å². The lowest BCUT2D eigenvalue weighted by atomic mass is 10.1. The Labute approximate surface area is 216 Å². The van der Waals surface area contributed by atoms with Gasteiger partial charge in [0.2, 0.25) is 0 Å². The average Bonchev–Trinajstić information content (AvgIpc) is 3.22. The molecule has 2 nitrogen and oxygen atoms in total. The number of nitrogens with zero attached hydrogens (tertiary/aromatic N) is 2. The van der Waals surface area contributed by atoms with E-state index in [1.54, 1.807) is 0 Å². The lowest BCUT2D eigenvalue weighted by Crippen LogP contribution is -2.39. The molecule has 1 rings (SSSR count). The zero-order chi connectivity index (χ0) is 24.5. The third-order valence-corrected chi connectivity index (χ3v) is 7.80. The van der Waals surface area contributed by atoms with Crippen molar-refractivity contribution in [3.05, 3.63) is 12.4 Å². The van der Waals surface area contributed by atoms with Gasteiger partial charge in [-0.2, -0.15) is 0 Å². The van der Waals surface area contributed by atoms with Gasteiger partial charge in [-0.1, -0.05) is 156 Å². The largest absolute Gasteiger partial charge is 0.356 e. The summed E-state index contributed by atoms with van der Waals surface area (Å²) in [5.74, 6) is 0. The Balaban J connectivity index is 2.01. The van der Waals surface area contributed by atoms with Gasteiger partial charge in [0.25, 0.3) is 0 Å². The Morgan fingerprint density at radius 2 is 0.676 bits per heavy atom. The maximum absolute atomic E-state index is 2.65. The first-order valence-corrected chi connectivity index (χ1v) is 16.0. The fourth-order valence-corrected chi connectivity index (χ4v) is 5.51. The van der Waals surface area contributed by atoms with Gasteiger partial charge in [-0.05, 0) is 19.3 Å². The first-order chi connectivity index (χ1) is 16.8. The highest BCUT2D eigenvalue weighted by Gasteiger charge is 2.24. The van der Waals surface area contributed by atoms with Gasteiger partial charge in [-0.3, -0.25) is 0 Å². The smallest absolute Gasteiger partial charge is 0.101 e. The summed E-state index contributed by atoms with van der Waals surface area (Å²) >= 11 is 0. The van der Waals surface area contributed by atoms with Crippen LogP contribution in [-0.4, -0.2) is 29.1 Å². The van der Waals surface area contributed by atoms with E-state index in [-0.39, 0.29) is 0 Å². The minimum absolute atomic E-state index is 0.635. The van der Waals surface area contributed by atoms with Gasteiger partial charge >= 0.3 is 0 Å². The van der Waals surface area contributed by atoms with Gasteiger partial charge in [-0.15, -0.1) is 0 Å². The molecule has 1 aliphatic heterocycles. The molecule has 1 aliphatic rings. The quantitative estimate of drug-likeness (QED) is 0.114. The third-order valence-electron chi connectivity index (χ3n) is 7.80. The summed E-state index contributed by atoms with van der Waals surface area (Å²) in [5, 5.41) is 0. The molecule has 0 fully saturated rings. The van der Waals surface area contributed by atoms with Crippen LogP contribution in [0.2, 0.25) is 0 Å². The first-order valence-electron chi connectivity index (χ1n) is 16.0. The van der Waals surface area contributed by atoms with E-state index in [0.717, 1.165) is 0 Å². The monoisotopic (exact) mass is 477 g/mol. The molecule has 202 valence electrons. The van der Waals surface area contributed by atoms with E-state index < -0.39 is 0 Å². The summed E-state index contributed by atoms with van der Waals surface area (Å²) in [7, 11) is 0. The van der Waals surface area contributed by atoms with Crippen LogP contribution in [0.3, 0.4) is 0 Å². The lowest BCUT2D eigenvalue weighted by molar-refractivity contribution is 0.138. The molecule has 0 aliphatic carbocycles. The van der Waals surface area contributed by atoms with Crippen LogP contribution in [-0.2, 0) is 0 Å². The van der Waals surface area contributed by atoms with E-state index in [1.165, 1.54) is 167 Å². The van der Waals surface area contributed by atoms with Gasteiger partial charge < -0.3 is 9.80 Å². The van der Waals surface area contributed by atoms with E-state index in [2.05, 4.69) is 43.0 Å². The fraction of sp³-hybridized carbons (Fsp3) is 0.938. The molecular weight excluding hydrogens is 412 g/mol. The Morgan fingerprint density at radius 3 is 0.971 bits per heavy atom. The van der Waals surface area contributed by atoms with Crippen LogP contribution in [0, 0.1) is 0 Å². The maximum Gasteiger partial charge on any atom is 0.101 e. The van der Waals surface area contributed by atoms with E-state index in [0.29, 0.717) is 6.17 Å². The third kappa shape index (κ3) is 16.9. The predicted octanol–water partition coefficient (Wildman–Crippen LogP) is 10.8. The van der Waals surface area contributed by atoms with E-state index in [1.807, 2.05) is 0 Å². The van der Waals surface area contributed by atoms with Crippen molar-refractivity contribution in [2.24, 2.45) is 0 Å². The van der Waals surface area contributed by atoms with Crippen molar-refractivity contribution in [3.63, 3.8) is 0 Å². The highest BCUT2D eigenvalue weighted by atomic mass is 15.4. The highest BCUT2D eigenvalue weighted by Crippen LogP contribution is 2.22. The standard InChI is InChI=1S/C32H64N2/c1-4-7-9-11-13-15-17-18-20-22-24-26-29-34-31-30-33(32(34)27-6-3)28-25-23-21-19-16-14-12-10-8-5-2/h30-32H,4-29H2,1-3H3. The molecular formula is C32H64N2. The van der Waals surface area contributed by atoms with Crippen LogP contribution in [0.4, 0.5) is 0 Å². The second-order valence-corrected chi connectivity index (χ2v) is 11.1. The van der Waals surface area contributed by atoms with Gasteiger partial charge in [-0.25, -0.2) is 0 Å². The summed E-state index contributed by atoms with van der Waals surface area (Å²) in [5.41, 5.74) is 0. The van der Waals surface area contributed by atoms with E-state index >= 15 is 0 Å². The number of hydrogen-bond acceptors (Lipinski definition) is 2. The highest BCUT2D eigenvalue weighted by molar-refractivity contribution is 4.96. The van der Waals surface area contributed by atoms with Crippen LogP contribution >= 0.6 is 0 Å². The summed E-state index contributed by atoms with van der Waals surface area (Å²) < 4.78 is 0. The van der Waals surface area contributed by atoms with Gasteiger partial charge in [0, 0.05) is 25.5 Å². The predicted molar refractivity (Wildman–Crippen MR) is 154 cm³/mol. The zero-order valence-electron chi connectivity index (χ0n) is 24.0. The molecule has 0 bridgehead atoms. The Morgan fingerprint density at radius 1 is 0.382 bits per heavy atom. The number of rotatable bonds is 26. The molecule has 1 unspecified atom stereocenters. The molecule has 0 aromatic heterocycles. The number of hydrogen-bond donors (Lipinski definition) is 0. The topological polar surface area (TPSA) is 6.48 Å². The number of unbranched alkanes of at least 4 members (excludes halogenated alkanes) is 20. The van der Waals surface area contributed by atoms with Crippen LogP contribution in [0.25, 0.3) is 0 Å². The summed E-state index contributed by atoms with van der Waals surface area (Å²) in [6, 6.07) is 0. The fourth-order valence-electron chi connectivity index (χ4n) is 5.51. The van der Waals surface area contributed by atoms with Crippen LogP contribution < -0.4 is 0 Å².